The SMILES string of the molecule is CN(Cc1ncn[nH]1)C(=O)Cc1ccc(O)cc1. The first-order chi connectivity index (χ1) is 8.65. The Kier molecular flexibility index (Phi) is 3.57. The van der Waals surface area contributed by atoms with E-state index in [1.54, 1.807) is 36.2 Å². The largest absolute Gasteiger partial charge is 0.508 e. The van der Waals surface area contributed by atoms with Crippen LogP contribution in [-0.2, 0) is 17.8 Å². The number of H-pyrrole nitrogens is 1. The molecule has 1 aromatic carbocycles. The van der Waals surface area contributed by atoms with Gasteiger partial charge in [-0.1, -0.05) is 12.1 Å². The van der Waals surface area contributed by atoms with Crippen LogP contribution in [0.15, 0.2) is 30.6 Å². The number of nitrogens with one attached hydrogen (secondary N) is 1. The van der Waals surface area contributed by atoms with E-state index in [-0.39, 0.29) is 11.7 Å². The van der Waals surface area contributed by atoms with Crippen LogP contribution in [0.3, 0.4) is 0 Å². The molecule has 1 heterocycles. The average molecular weight is 246 g/mol. The van der Waals surface area contributed by atoms with E-state index in [2.05, 4.69) is 15.2 Å². The summed E-state index contributed by atoms with van der Waals surface area (Å²) in [6.45, 7) is 0.400. The topological polar surface area (TPSA) is 82.1 Å². The van der Waals surface area contributed by atoms with Crippen molar-refractivity contribution in [3.8, 4) is 5.75 Å². The summed E-state index contributed by atoms with van der Waals surface area (Å²) < 4.78 is 0. The number of phenols is 1. The van der Waals surface area contributed by atoms with Crippen molar-refractivity contribution in [3.05, 3.63) is 42.0 Å². The van der Waals surface area contributed by atoms with Crippen molar-refractivity contribution in [3.63, 3.8) is 0 Å². The van der Waals surface area contributed by atoms with Crippen LogP contribution in [0, 0.1) is 0 Å². The summed E-state index contributed by atoms with van der Waals surface area (Å²) in [5.74, 6) is 0.829. The Morgan fingerprint density at radius 3 is 2.72 bits per heavy atom. The average Bonchev–Trinajstić information content (AvgIpc) is 2.85. The third-order valence-corrected chi connectivity index (χ3v) is 2.57. The lowest BCUT2D eigenvalue weighted by molar-refractivity contribution is -0.129. The van der Waals surface area contributed by atoms with Crippen LogP contribution in [0.5, 0.6) is 5.75 Å². The minimum absolute atomic E-state index is 0.0166. The minimum Gasteiger partial charge on any atom is -0.508 e. The molecule has 2 N–H and O–H groups in total. The van der Waals surface area contributed by atoms with E-state index in [0.29, 0.717) is 18.8 Å². The van der Waals surface area contributed by atoms with Gasteiger partial charge in [-0.25, -0.2) is 4.98 Å². The van der Waals surface area contributed by atoms with Crippen molar-refractivity contribution in [2.45, 2.75) is 13.0 Å². The van der Waals surface area contributed by atoms with Gasteiger partial charge in [0.25, 0.3) is 0 Å². The smallest absolute Gasteiger partial charge is 0.227 e. The number of likely N-dealkylation sites (N-methyl/N-ethyl adjacent to an activating group) is 1. The number of carbonyl (C=O) groups excluding carboxylic acids is 1. The molecule has 0 unspecified atom stereocenters. The van der Waals surface area contributed by atoms with Gasteiger partial charge < -0.3 is 10.0 Å². The Morgan fingerprint density at radius 1 is 1.39 bits per heavy atom. The number of benzene rings is 1. The molecule has 0 saturated carbocycles. The molecule has 0 atom stereocenters. The van der Waals surface area contributed by atoms with E-state index >= 15 is 0 Å². The van der Waals surface area contributed by atoms with Gasteiger partial charge in [-0.2, -0.15) is 5.10 Å². The van der Waals surface area contributed by atoms with E-state index in [9.17, 15) is 4.79 Å². The van der Waals surface area contributed by atoms with Crippen LogP contribution in [0.2, 0.25) is 0 Å². The summed E-state index contributed by atoms with van der Waals surface area (Å²) in [6, 6.07) is 6.60. The number of phenolic OH excluding ortho intramolecular Hbond substituents is 1. The molecule has 6 heteroatoms. The van der Waals surface area contributed by atoms with Crippen molar-refractivity contribution >= 4 is 5.91 Å². The van der Waals surface area contributed by atoms with E-state index in [0.717, 1.165) is 5.56 Å². The Balaban J connectivity index is 1.93. The molecule has 0 saturated heterocycles. The van der Waals surface area contributed by atoms with Crippen molar-refractivity contribution in [2.24, 2.45) is 0 Å². The van der Waals surface area contributed by atoms with Gasteiger partial charge >= 0.3 is 0 Å². The predicted octanol–water partition coefficient (Wildman–Crippen LogP) is 0.711. The maximum atomic E-state index is 11.9. The monoisotopic (exact) mass is 246 g/mol. The highest BCUT2D eigenvalue weighted by Crippen LogP contribution is 2.11. The number of rotatable bonds is 4. The fraction of sp³-hybridized carbons (Fsp3) is 0.250. The molecule has 0 aliphatic heterocycles. The maximum Gasteiger partial charge on any atom is 0.227 e. The number of hydrogen-bond donors (Lipinski definition) is 2. The van der Waals surface area contributed by atoms with Gasteiger partial charge in [0.15, 0.2) is 0 Å². The second kappa shape index (κ2) is 5.31. The number of aromatic nitrogens is 3. The van der Waals surface area contributed by atoms with Gasteiger partial charge in [0.05, 0.1) is 13.0 Å². The van der Waals surface area contributed by atoms with E-state index in [1.165, 1.54) is 6.33 Å². The highest BCUT2D eigenvalue weighted by atomic mass is 16.3. The maximum absolute atomic E-state index is 11.9. The first-order valence-corrected chi connectivity index (χ1v) is 5.51. The normalized spacial score (nSPS) is 10.3. The molecule has 1 amide bonds. The highest BCUT2D eigenvalue weighted by molar-refractivity contribution is 5.78. The highest BCUT2D eigenvalue weighted by Gasteiger charge is 2.11. The van der Waals surface area contributed by atoms with Crippen LogP contribution in [0.1, 0.15) is 11.4 Å². The molecule has 0 radical (unpaired) electrons. The second-order valence-electron chi connectivity index (χ2n) is 4.03. The van der Waals surface area contributed by atoms with Gasteiger partial charge in [-0.15, -0.1) is 0 Å². The van der Waals surface area contributed by atoms with E-state index in [1.807, 2.05) is 0 Å². The molecule has 0 aliphatic rings. The first kappa shape index (κ1) is 12.1. The van der Waals surface area contributed by atoms with Crippen LogP contribution in [0.25, 0.3) is 0 Å². The Morgan fingerprint density at radius 2 is 2.11 bits per heavy atom. The summed E-state index contributed by atoms with van der Waals surface area (Å²) in [4.78, 5) is 17.5. The molecule has 0 bridgehead atoms. The molecular weight excluding hydrogens is 232 g/mol. The van der Waals surface area contributed by atoms with Crippen molar-refractivity contribution in [2.75, 3.05) is 7.05 Å². The Hall–Kier alpha value is -2.37. The standard InChI is InChI=1S/C12H14N4O2/c1-16(7-11-13-8-14-15-11)12(18)6-9-2-4-10(17)5-3-9/h2-5,8,17H,6-7H2,1H3,(H,13,14,15). The third-order valence-electron chi connectivity index (χ3n) is 2.57. The van der Waals surface area contributed by atoms with Gasteiger partial charge in [-0.3, -0.25) is 9.89 Å². The zero-order valence-electron chi connectivity index (χ0n) is 10.00. The molecule has 6 nitrogen and oxygen atoms in total. The quantitative estimate of drug-likeness (QED) is 0.832. The van der Waals surface area contributed by atoms with Gasteiger partial charge in [-0.05, 0) is 17.7 Å². The Bertz CT molecular complexity index is 507. The van der Waals surface area contributed by atoms with Gasteiger partial charge in [0.1, 0.15) is 17.9 Å². The number of aromatic hydroxyl groups is 1. The number of aromatic amines is 1. The molecule has 2 rings (SSSR count). The van der Waals surface area contributed by atoms with Gasteiger partial charge in [0, 0.05) is 7.05 Å². The third kappa shape index (κ3) is 3.07. The molecule has 2 aromatic rings. The number of carbonyl (C=O) groups is 1. The van der Waals surface area contributed by atoms with Crippen LogP contribution < -0.4 is 0 Å². The molecule has 94 valence electrons. The minimum atomic E-state index is -0.0166. The summed E-state index contributed by atoms with van der Waals surface area (Å²) in [5, 5.41) is 15.6. The van der Waals surface area contributed by atoms with Crippen LogP contribution in [-0.4, -0.2) is 38.1 Å². The first-order valence-electron chi connectivity index (χ1n) is 5.51. The van der Waals surface area contributed by atoms with Crippen molar-refractivity contribution in [1.82, 2.24) is 20.1 Å². The van der Waals surface area contributed by atoms with Gasteiger partial charge in [0.2, 0.25) is 5.91 Å². The molecule has 0 aliphatic carbocycles. The van der Waals surface area contributed by atoms with Crippen molar-refractivity contribution in [1.29, 1.82) is 0 Å². The predicted molar refractivity (Wildman–Crippen MR) is 64.7 cm³/mol. The fourth-order valence-electron chi connectivity index (χ4n) is 1.54. The van der Waals surface area contributed by atoms with Crippen LogP contribution in [0.4, 0.5) is 0 Å². The molecule has 18 heavy (non-hydrogen) atoms. The zero-order valence-corrected chi connectivity index (χ0v) is 10.00. The lowest BCUT2D eigenvalue weighted by atomic mass is 10.1. The molecule has 0 spiro atoms. The number of amides is 1. The number of hydrogen-bond acceptors (Lipinski definition) is 4. The lowest BCUT2D eigenvalue weighted by Gasteiger charge is -2.15. The number of nitrogens with zero attached hydrogens (tertiary/aromatic N) is 3. The van der Waals surface area contributed by atoms with E-state index in [4.69, 9.17) is 5.11 Å². The second-order valence-corrected chi connectivity index (χ2v) is 4.03. The Labute approximate surface area is 104 Å². The zero-order chi connectivity index (χ0) is 13.0. The summed E-state index contributed by atoms with van der Waals surface area (Å²) in [5.41, 5.74) is 0.863. The van der Waals surface area contributed by atoms with E-state index < -0.39 is 0 Å². The van der Waals surface area contributed by atoms with Crippen LogP contribution >= 0.6 is 0 Å². The molecular formula is C12H14N4O2. The summed E-state index contributed by atoms with van der Waals surface area (Å²) in [7, 11) is 1.71. The molecule has 1 aromatic heterocycles. The lowest BCUT2D eigenvalue weighted by Crippen LogP contribution is -2.28. The summed E-state index contributed by atoms with van der Waals surface area (Å²) in [6.07, 6.45) is 1.71. The van der Waals surface area contributed by atoms with Crippen molar-refractivity contribution < 1.29 is 9.90 Å². The fourth-order valence-corrected chi connectivity index (χ4v) is 1.54. The molecule has 0 fully saturated rings. The summed E-state index contributed by atoms with van der Waals surface area (Å²) >= 11 is 0.